The molecule has 0 unspecified atom stereocenters. The molecule has 0 bridgehead atoms. The molecule has 9 heteroatoms. The Bertz CT molecular complexity index is 1630. The second-order valence-corrected chi connectivity index (χ2v) is 11.2. The van der Waals surface area contributed by atoms with Crippen LogP contribution in [0.2, 0.25) is 0 Å². The molecule has 3 aromatic carbocycles. The fourth-order valence-electron chi connectivity index (χ4n) is 4.24. The van der Waals surface area contributed by atoms with Gasteiger partial charge in [0.2, 0.25) is 0 Å². The molecule has 4 aromatic heterocycles. The van der Waals surface area contributed by atoms with E-state index in [1.165, 1.54) is 0 Å². The highest BCUT2D eigenvalue weighted by molar-refractivity contribution is 7.13. The van der Waals surface area contributed by atoms with Crippen LogP contribution >= 0.6 is 34.0 Å². The standard InChI is InChI=1S/C30H18N6S3/c1-4-19(16-22(7-1)28-31-10-13-37-28)25-34-26(20-5-2-8-23(17-20)29-32-11-14-38-29)36-27(35-25)21-6-3-9-24(18-21)30-33-12-15-39-30/h1-18H. The Morgan fingerprint density at radius 2 is 0.692 bits per heavy atom. The summed E-state index contributed by atoms with van der Waals surface area (Å²) in [6.45, 7) is 0. The molecule has 0 N–H and O–H groups in total. The molecule has 7 aromatic rings. The monoisotopic (exact) mass is 558 g/mol. The van der Waals surface area contributed by atoms with Gasteiger partial charge in [-0.2, -0.15) is 0 Å². The molecule has 39 heavy (non-hydrogen) atoms. The highest BCUT2D eigenvalue weighted by Crippen LogP contribution is 2.32. The third-order valence-electron chi connectivity index (χ3n) is 6.04. The first-order chi connectivity index (χ1) is 19.3. The predicted molar refractivity (Wildman–Crippen MR) is 159 cm³/mol. The lowest BCUT2D eigenvalue weighted by Crippen LogP contribution is -2.00. The van der Waals surface area contributed by atoms with Crippen LogP contribution in [0.3, 0.4) is 0 Å². The van der Waals surface area contributed by atoms with E-state index in [2.05, 4.69) is 51.4 Å². The van der Waals surface area contributed by atoms with Crippen molar-refractivity contribution >= 4 is 34.0 Å². The van der Waals surface area contributed by atoms with Crippen LogP contribution in [0.1, 0.15) is 0 Å². The summed E-state index contributed by atoms with van der Waals surface area (Å²) in [5.41, 5.74) is 5.80. The topological polar surface area (TPSA) is 77.3 Å². The first-order valence-electron chi connectivity index (χ1n) is 12.1. The maximum Gasteiger partial charge on any atom is 0.164 e. The van der Waals surface area contributed by atoms with E-state index in [0.29, 0.717) is 17.5 Å². The van der Waals surface area contributed by atoms with Gasteiger partial charge >= 0.3 is 0 Å². The van der Waals surface area contributed by atoms with E-state index in [4.69, 9.17) is 15.0 Å². The second-order valence-electron chi connectivity index (χ2n) is 8.56. The van der Waals surface area contributed by atoms with Crippen LogP contribution in [0.25, 0.3) is 65.9 Å². The number of rotatable bonds is 6. The summed E-state index contributed by atoms with van der Waals surface area (Å²) in [4.78, 5) is 28.3. The SMILES string of the molecule is c1cc(-c2nc(-c3cccc(-c4nccs4)c3)nc(-c3cccc(-c4nccs4)c3)n2)cc(-c2nccs2)c1. The smallest absolute Gasteiger partial charge is 0.164 e. The lowest BCUT2D eigenvalue weighted by atomic mass is 10.1. The molecule has 0 aliphatic heterocycles. The Kier molecular flexibility index (Phi) is 6.29. The molecular formula is C30H18N6S3. The quantitative estimate of drug-likeness (QED) is 0.205. The molecule has 0 spiro atoms. The minimum Gasteiger partial charge on any atom is -0.245 e. The van der Waals surface area contributed by atoms with Gasteiger partial charge in [-0.05, 0) is 18.2 Å². The number of nitrogens with zero attached hydrogens (tertiary/aromatic N) is 6. The van der Waals surface area contributed by atoms with Gasteiger partial charge in [0, 0.05) is 68.1 Å². The van der Waals surface area contributed by atoms with Crippen LogP contribution in [-0.2, 0) is 0 Å². The minimum absolute atomic E-state index is 0.604. The molecule has 0 aliphatic carbocycles. The van der Waals surface area contributed by atoms with E-state index < -0.39 is 0 Å². The summed E-state index contributed by atoms with van der Waals surface area (Å²) in [6.07, 6.45) is 5.45. The van der Waals surface area contributed by atoms with Crippen molar-refractivity contribution in [2.45, 2.75) is 0 Å². The number of benzene rings is 3. The zero-order valence-corrected chi connectivity index (χ0v) is 22.7. The summed E-state index contributed by atoms with van der Waals surface area (Å²) in [5.74, 6) is 1.81. The van der Waals surface area contributed by atoms with Crippen molar-refractivity contribution in [3.63, 3.8) is 0 Å². The van der Waals surface area contributed by atoms with Gasteiger partial charge in [-0.3, -0.25) is 0 Å². The Balaban J connectivity index is 1.39. The van der Waals surface area contributed by atoms with Crippen LogP contribution in [0.5, 0.6) is 0 Å². The van der Waals surface area contributed by atoms with Crippen LogP contribution in [0, 0.1) is 0 Å². The van der Waals surface area contributed by atoms with Gasteiger partial charge in [0.05, 0.1) is 0 Å². The molecule has 0 saturated carbocycles. The van der Waals surface area contributed by atoms with E-state index in [-0.39, 0.29) is 0 Å². The third kappa shape index (κ3) is 4.90. The number of thiazole rings is 3. The number of hydrogen-bond acceptors (Lipinski definition) is 9. The lowest BCUT2D eigenvalue weighted by Gasteiger charge is -2.10. The van der Waals surface area contributed by atoms with Gasteiger partial charge in [-0.1, -0.05) is 54.6 Å². The molecule has 0 radical (unpaired) electrons. The van der Waals surface area contributed by atoms with Crippen molar-refractivity contribution in [1.82, 2.24) is 29.9 Å². The Morgan fingerprint density at radius 1 is 0.385 bits per heavy atom. The molecule has 0 fully saturated rings. The van der Waals surface area contributed by atoms with E-state index in [1.807, 2.05) is 71.1 Å². The van der Waals surface area contributed by atoms with Gasteiger partial charge in [-0.15, -0.1) is 34.0 Å². The highest BCUT2D eigenvalue weighted by Gasteiger charge is 2.15. The molecule has 7 rings (SSSR count). The average molecular weight is 559 g/mol. The van der Waals surface area contributed by atoms with Crippen molar-refractivity contribution in [2.24, 2.45) is 0 Å². The highest BCUT2D eigenvalue weighted by atomic mass is 32.1. The van der Waals surface area contributed by atoms with E-state index >= 15 is 0 Å². The maximum atomic E-state index is 4.95. The molecule has 4 heterocycles. The van der Waals surface area contributed by atoms with Crippen molar-refractivity contribution in [3.05, 3.63) is 108 Å². The Morgan fingerprint density at radius 3 is 0.974 bits per heavy atom. The normalized spacial score (nSPS) is 11.1. The summed E-state index contributed by atoms with van der Waals surface area (Å²) < 4.78 is 0. The molecule has 0 amide bonds. The van der Waals surface area contributed by atoms with Gasteiger partial charge in [0.1, 0.15) is 15.0 Å². The van der Waals surface area contributed by atoms with Crippen LogP contribution in [0.15, 0.2) is 108 Å². The summed E-state index contributed by atoms with van der Waals surface area (Å²) in [5, 5.41) is 8.81. The van der Waals surface area contributed by atoms with E-state index in [0.717, 1.165) is 48.4 Å². The second kappa shape index (κ2) is 10.4. The fourth-order valence-corrected chi connectivity index (χ4v) is 6.14. The van der Waals surface area contributed by atoms with Crippen molar-refractivity contribution < 1.29 is 0 Å². The average Bonchev–Trinajstić information content (AvgIpc) is 3.81. The molecule has 0 saturated heterocycles. The zero-order chi connectivity index (χ0) is 26.0. The summed E-state index contributed by atoms with van der Waals surface area (Å²) in [7, 11) is 0. The predicted octanol–water partition coefficient (Wildman–Crippen LogP) is 8.24. The van der Waals surface area contributed by atoms with Crippen LogP contribution in [-0.4, -0.2) is 29.9 Å². The number of hydrogen-bond donors (Lipinski definition) is 0. The third-order valence-corrected chi connectivity index (χ3v) is 8.50. The van der Waals surface area contributed by atoms with Crippen molar-refractivity contribution in [3.8, 4) is 65.9 Å². The number of aromatic nitrogens is 6. The Hall–Kier alpha value is -4.44. The van der Waals surface area contributed by atoms with Gasteiger partial charge in [0.25, 0.3) is 0 Å². The first-order valence-corrected chi connectivity index (χ1v) is 14.7. The van der Waals surface area contributed by atoms with E-state index in [9.17, 15) is 0 Å². The van der Waals surface area contributed by atoms with Gasteiger partial charge in [-0.25, -0.2) is 29.9 Å². The summed E-state index contributed by atoms with van der Waals surface area (Å²) in [6, 6.07) is 24.5. The van der Waals surface area contributed by atoms with Crippen molar-refractivity contribution in [2.75, 3.05) is 0 Å². The maximum absolute atomic E-state index is 4.95. The largest absolute Gasteiger partial charge is 0.245 e. The Labute approximate surface area is 236 Å². The van der Waals surface area contributed by atoms with E-state index in [1.54, 1.807) is 34.0 Å². The first kappa shape index (κ1) is 23.7. The molecule has 6 nitrogen and oxygen atoms in total. The zero-order valence-electron chi connectivity index (χ0n) is 20.3. The molecule has 186 valence electrons. The molecule has 0 aliphatic rings. The minimum atomic E-state index is 0.604. The lowest BCUT2D eigenvalue weighted by molar-refractivity contribution is 1.07. The van der Waals surface area contributed by atoms with Gasteiger partial charge < -0.3 is 0 Å². The van der Waals surface area contributed by atoms with Crippen molar-refractivity contribution in [1.29, 1.82) is 0 Å². The van der Waals surface area contributed by atoms with Gasteiger partial charge in [0.15, 0.2) is 17.5 Å². The summed E-state index contributed by atoms with van der Waals surface area (Å²) >= 11 is 4.82. The van der Waals surface area contributed by atoms with Crippen LogP contribution < -0.4 is 0 Å². The molecule has 0 atom stereocenters. The fraction of sp³-hybridized carbons (Fsp3) is 0. The molecular weight excluding hydrogens is 541 g/mol. The van der Waals surface area contributed by atoms with Crippen LogP contribution in [0.4, 0.5) is 0 Å².